The number of unbranched alkanes of at least 4 members (excludes halogenated alkanes) is 3. The number of nitrogens with one attached hydrogen (secondary N) is 4. The third-order valence-corrected chi connectivity index (χ3v) is 21.7. The molecule has 18 nitrogen and oxygen atoms in total. The fourth-order valence-electron chi connectivity index (χ4n) is 12.4. The van der Waals surface area contributed by atoms with Gasteiger partial charge >= 0.3 is 5.51 Å². The van der Waals surface area contributed by atoms with Crippen molar-refractivity contribution < 1.29 is 62.8 Å². The van der Waals surface area contributed by atoms with Crippen molar-refractivity contribution in [3.8, 4) is 0 Å². The number of carbonyl (C=O) groups is 5. The molecule has 0 spiro atoms. The lowest BCUT2D eigenvalue weighted by atomic mass is 9.72. The second-order valence-electron chi connectivity index (χ2n) is 24.8. The predicted molar refractivity (Wildman–Crippen MR) is 341 cm³/mol. The van der Waals surface area contributed by atoms with Crippen molar-refractivity contribution in [2.75, 3.05) is 99.8 Å². The zero-order valence-electron chi connectivity index (χ0n) is 51.3. The minimum Gasteiger partial charge on any atom is -0.384 e. The molecule has 1 aliphatic carbocycles. The summed E-state index contributed by atoms with van der Waals surface area (Å²) in [6.07, 6.45) is 4.39. The van der Waals surface area contributed by atoms with Gasteiger partial charge in [0.15, 0.2) is 0 Å². The number of anilines is 3. The molecule has 4 aromatic carbocycles. The summed E-state index contributed by atoms with van der Waals surface area (Å²) >= 11 is 1.43. The summed E-state index contributed by atoms with van der Waals surface area (Å²) in [6.45, 7) is 16.9. The first-order valence-corrected chi connectivity index (χ1v) is 35.0. The molecule has 0 saturated carbocycles. The first-order valence-electron chi connectivity index (χ1n) is 31.0. The Morgan fingerprint density at radius 3 is 2.13 bits per heavy atom. The lowest BCUT2D eigenvalue weighted by molar-refractivity contribution is -0.136. The number of piperidine rings is 1. The largest absolute Gasteiger partial charge is 0.501 e. The summed E-state index contributed by atoms with van der Waals surface area (Å²) in [6, 6.07) is 21.2. The Hall–Kier alpha value is -6.71. The Morgan fingerprint density at radius 1 is 0.769 bits per heavy atom. The lowest BCUT2D eigenvalue weighted by Gasteiger charge is -2.39. The fraction of sp³-hybridized carbons (Fsp3) is 0.492. The Labute approximate surface area is 533 Å². The molecule has 3 fully saturated rings. The van der Waals surface area contributed by atoms with Crippen LogP contribution in [0.2, 0.25) is 0 Å². The van der Waals surface area contributed by atoms with Crippen molar-refractivity contribution in [2.45, 2.75) is 130 Å². The van der Waals surface area contributed by atoms with Crippen LogP contribution in [0.5, 0.6) is 0 Å². The molecule has 4 aromatic rings. The van der Waals surface area contributed by atoms with Gasteiger partial charge in [0, 0.05) is 118 Å². The van der Waals surface area contributed by atoms with E-state index in [4.69, 9.17) is 0 Å². The molecule has 0 aromatic heterocycles. The van der Waals surface area contributed by atoms with Gasteiger partial charge in [-0.2, -0.15) is 13.2 Å². The van der Waals surface area contributed by atoms with Crippen LogP contribution in [-0.2, 0) is 29.4 Å². The number of alkyl halides is 5. The molecule has 4 N–H and O–H groups in total. The van der Waals surface area contributed by atoms with E-state index in [1.807, 2.05) is 35.1 Å². The average Bonchev–Trinajstić information content (AvgIpc) is 1.73. The summed E-state index contributed by atoms with van der Waals surface area (Å²) in [5.41, 5.74) is -1.41. The molecule has 91 heavy (non-hydrogen) atoms. The van der Waals surface area contributed by atoms with Gasteiger partial charge < -0.3 is 25.3 Å². The van der Waals surface area contributed by atoms with Gasteiger partial charge in [0.1, 0.15) is 10.9 Å². The number of imide groups is 2. The van der Waals surface area contributed by atoms with E-state index in [0.717, 1.165) is 103 Å². The van der Waals surface area contributed by atoms with E-state index < -0.39 is 88.9 Å². The Balaban J connectivity index is 0.759. The van der Waals surface area contributed by atoms with Crippen LogP contribution < -0.4 is 25.6 Å². The molecule has 26 heteroatoms. The number of carbonyl (C=O) groups excluding carboxylic acids is 5. The van der Waals surface area contributed by atoms with E-state index in [9.17, 15) is 62.8 Å². The zero-order valence-corrected chi connectivity index (χ0v) is 53.8. The van der Waals surface area contributed by atoms with Gasteiger partial charge in [0.05, 0.1) is 21.7 Å². The van der Waals surface area contributed by atoms with Gasteiger partial charge in [-0.05, 0) is 136 Å². The van der Waals surface area contributed by atoms with Crippen LogP contribution in [0.15, 0.2) is 129 Å². The molecule has 3 saturated heterocycles. The van der Waals surface area contributed by atoms with E-state index in [0.29, 0.717) is 82.8 Å². The molecule has 0 bridgehead atoms. The Bertz CT molecular complexity index is 3580. The van der Waals surface area contributed by atoms with Crippen molar-refractivity contribution >= 4 is 78.2 Å². The molecule has 4 aliphatic heterocycles. The van der Waals surface area contributed by atoms with Crippen molar-refractivity contribution in [3.63, 3.8) is 0 Å². The number of halogens is 5. The number of hydrogen-bond acceptors (Lipinski definition) is 16. The molecule has 2 atom stereocenters. The summed E-state index contributed by atoms with van der Waals surface area (Å²) < 4.78 is 126. The van der Waals surface area contributed by atoms with Crippen LogP contribution in [0.3, 0.4) is 0 Å². The molecule has 0 radical (unpaired) electrons. The third kappa shape index (κ3) is 17.5. The highest BCUT2D eigenvalue weighted by atomic mass is 32.2. The minimum absolute atomic E-state index is 0.0329. The monoisotopic (exact) mass is 1320 g/mol. The molecule has 5 amide bonds. The van der Waals surface area contributed by atoms with Gasteiger partial charge in [-0.3, -0.25) is 39.1 Å². The molecule has 492 valence electrons. The highest BCUT2D eigenvalue weighted by Crippen LogP contribution is 2.43. The third-order valence-electron chi connectivity index (χ3n) is 17.6. The summed E-state index contributed by atoms with van der Waals surface area (Å²) in [5, 5.41) is 8.54. The standard InChI is InChI=1S/C65H80F5N9O9S3/c1-44(16-24-57(66)67)52-41-64(2,3)28-26-46(52)42-77-36-38-78(39-37-77)48-19-17-45(18-20-48)60(81)74-91(87,88)50-21-22-53(56(40-50)90(85,86)65(68,69)70)72-47(43-89-49-12-7-6-8-13-49)27-31-76-34-32-75(33-35-76)30-10-5-4-9-29-71-54-15-11-14-51-59(54)63(84)79(62(51)83)55-23-25-58(80)73-61(55)82/h6-8,11-15,17-22,40,47,55,57,71-72H,1,4-5,9-10,16,23-39,41-43H2,2-3H3,(H,74,81)(H,73,80,82)/t47-,55?/m1/s1. The summed E-state index contributed by atoms with van der Waals surface area (Å²) in [4.78, 5) is 73.1. The number of fused-ring (bicyclic) bond motifs is 1. The van der Waals surface area contributed by atoms with E-state index in [-0.39, 0.29) is 47.8 Å². The van der Waals surface area contributed by atoms with Gasteiger partial charge in [-0.1, -0.05) is 68.7 Å². The van der Waals surface area contributed by atoms with Crippen LogP contribution in [0.25, 0.3) is 0 Å². The van der Waals surface area contributed by atoms with Gasteiger partial charge in [0.25, 0.3) is 37.6 Å². The van der Waals surface area contributed by atoms with Gasteiger partial charge in [-0.25, -0.2) is 30.3 Å². The summed E-state index contributed by atoms with van der Waals surface area (Å²) in [5.74, 6) is -3.00. The van der Waals surface area contributed by atoms with Crippen LogP contribution in [-0.4, -0.2) is 174 Å². The number of allylic oxidation sites excluding steroid dienone is 2. The fourth-order valence-corrected chi connectivity index (χ4v) is 15.4. The van der Waals surface area contributed by atoms with Crippen LogP contribution in [0.4, 0.5) is 39.0 Å². The first kappa shape index (κ1) is 68.7. The second-order valence-corrected chi connectivity index (χ2v) is 29.4. The van der Waals surface area contributed by atoms with Crippen LogP contribution >= 0.6 is 11.8 Å². The zero-order chi connectivity index (χ0) is 65.3. The predicted octanol–water partition coefficient (Wildman–Crippen LogP) is 9.98. The number of sulfonamides is 1. The van der Waals surface area contributed by atoms with Crippen molar-refractivity contribution in [1.29, 1.82) is 0 Å². The number of sulfone groups is 1. The van der Waals surface area contributed by atoms with Crippen molar-refractivity contribution in [1.82, 2.24) is 29.6 Å². The molecule has 5 aliphatic rings. The first-order chi connectivity index (χ1) is 43.3. The lowest BCUT2D eigenvalue weighted by Crippen LogP contribution is -2.54. The van der Waals surface area contributed by atoms with Crippen molar-refractivity contribution in [2.24, 2.45) is 5.41 Å². The maximum Gasteiger partial charge on any atom is 0.501 e. The average molecular weight is 1320 g/mol. The maximum absolute atomic E-state index is 14.5. The van der Waals surface area contributed by atoms with Crippen molar-refractivity contribution in [3.05, 3.63) is 131 Å². The topological polar surface area (TPSA) is 218 Å². The van der Waals surface area contributed by atoms with E-state index in [1.165, 1.54) is 29.5 Å². The number of benzene rings is 4. The van der Waals surface area contributed by atoms with Gasteiger partial charge in [0.2, 0.25) is 18.2 Å². The molecule has 9 rings (SSSR count). The number of rotatable bonds is 28. The molecular formula is C65H80F5N9O9S3. The second kappa shape index (κ2) is 29.9. The number of piperazine rings is 2. The minimum atomic E-state index is -6.15. The molecular weight excluding hydrogens is 1240 g/mol. The smallest absolute Gasteiger partial charge is 0.384 e. The number of hydrogen-bond donors (Lipinski definition) is 4. The normalized spacial score (nSPS) is 19.2. The quantitative estimate of drug-likeness (QED) is 0.0180. The molecule has 1 unspecified atom stereocenters. The highest BCUT2D eigenvalue weighted by molar-refractivity contribution is 7.99. The van der Waals surface area contributed by atoms with E-state index >= 15 is 0 Å². The van der Waals surface area contributed by atoms with Gasteiger partial charge in [-0.15, -0.1) is 11.8 Å². The Morgan fingerprint density at radius 2 is 1.45 bits per heavy atom. The SMILES string of the molecule is C=C(CCC(F)F)C1=C(CN2CCN(c3ccc(C(=O)NS(=O)(=O)c4ccc(N[C@H](CCN5CCN(CCCCCCNc6cccc7c6C(=O)N(C6CCC(=O)NC6=O)C7=O)CC5)CSc5ccccc5)c(S(=O)(=O)C(F)(F)F)c4)cc3)CC2)CCC(C)(C)C1. The highest BCUT2D eigenvalue weighted by Gasteiger charge is 2.49. The number of nitrogens with zero attached hydrogens (tertiary/aromatic N) is 5. The van der Waals surface area contributed by atoms with E-state index in [2.05, 4.69) is 56.0 Å². The summed E-state index contributed by atoms with van der Waals surface area (Å²) in [7, 11) is -11.1. The Kier molecular flexibility index (Phi) is 22.6. The van der Waals surface area contributed by atoms with E-state index in [1.54, 1.807) is 30.3 Å². The number of amides is 5. The molecule has 4 heterocycles. The van der Waals surface area contributed by atoms with Crippen LogP contribution in [0.1, 0.15) is 122 Å². The maximum atomic E-state index is 14.5. The van der Waals surface area contributed by atoms with Crippen LogP contribution in [0, 0.1) is 5.41 Å². The number of thioether (sulfide) groups is 1.